The van der Waals surface area contributed by atoms with Gasteiger partial charge < -0.3 is 10.1 Å². The molecule has 0 bridgehead atoms. The quantitative estimate of drug-likeness (QED) is 0.565. The van der Waals surface area contributed by atoms with Gasteiger partial charge in [-0.05, 0) is 48.6 Å². The molecule has 5 heteroatoms. The molecule has 138 valence electrons. The van der Waals surface area contributed by atoms with Gasteiger partial charge in [0.25, 0.3) is 5.91 Å². The first-order valence-electron chi connectivity index (χ1n) is 8.63. The van der Waals surface area contributed by atoms with Crippen molar-refractivity contribution in [1.29, 1.82) is 0 Å². The molecule has 1 amide bonds. The van der Waals surface area contributed by atoms with E-state index < -0.39 is 0 Å². The maximum Gasteiger partial charge on any atom is 0.316 e. The standard InChI is InChI=1S/C21H25NO3S/c1-15-9-10-19(11-16(15)2)26-14-21(24)25-13-20(23)22-12-17(3)18-7-5-4-6-8-18/h4-11,17H,12-14H2,1-3H3,(H,22,23)/t17-/m1/s1. The SMILES string of the molecule is Cc1ccc(SCC(=O)OCC(=O)NC[C@@H](C)c2ccccc2)cc1C. The third-order valence-corrected chi connectivity index (χ3v) is 5.14. The van der Waals surface area contributed by atoms with Gasteiger partial charge in [-0.2, -0.15) is 0 Å². The summed E-state index contributed by atoms with van der Waals surface area (Å²) in [5.41, 5.74) is 3.57. The highest BCUT2D eigenvalue weighted by Gasteiger charge is 2.11. The van der Waals surface area contributed by atoms with Gasteiger partial charge in [-0.15, -0.1) is 11.8 Å². The summed E-state index contributed by atoms with van der Waals surface area (Å²) in [5, 5.41) is 2.80. The molecule has 0 aliphatic heterocycles. The maximum atomic E-state index is 11.8. The fraction of sp³-hybridized carbons (Fsp3) is 0.333. The molecular formula is C21H25NO3S. The van der Waals surface area contributed by atoms with E-state index in [4.69, 9.17) is 4.74 Å². The first-order chi connectivity index (χ1) is 12.5. The van der Waals surface area contributed by atoms with Gasteiger partial charge >= 0.3 is 5.97 Å². The second-order valence-corrected chi connectivity index (χ2v) is 7.36. The van der Waals surface area contributed by atoms with E-state index in [2.05, 4.69) is 12.2 Å². The smallest absolute Gasteiger partial charge is 0.316 e. The zero-order chi connectivity index (χ0) is 18.9. The number of amides is 1. The lowest BCUT2D eigenvalue weighted by molar-refractivity contribution is -0.145. The molecule has 0 aromatic heterocycles. The Morgan fingerprint density at radius 1 is 1.08 bits per heavy atom. The van der Waals surface area contributed by atoms with Crippen molar-refractivity contribution in [2.45, 2.75) is 31.6 Å². The van der Waals surface area contributed by atoms with E-state index in [0.29, 0.717) is 6.54 Å². The first kappa shape index (κ1) is 20.0. The highest BCUT2D eigenvalue weighted by atomic mass is 32.2. The Labute approximate surface area is 159 Å². The summed E-state index contributed by atoms with van der Waals surface area (Å²) in [6.07, 6.45) is 0. The van der Waals surface area contributed by atoms with Crippen molar-refractivity contribution >= 4 is 23.6 Å². The molecule has 0 unspecified atom stereocenters. The van der Waals surface area contributed by atoms with Crippen LogP contribution in [0.5, 0.6) is 0 Å². The summed E-state index contributed by atoms with van der Waals surface area (Å²) in [5.74, 6) is -0.274. The number of ether oxygens (including phenoxy) is 1. The van der Waals surface area contributed by atoms with E-state index in [9.17, 15) is 9.59 Å². The molecular weight excluding hydrogens is 346 g/mol. The average Bonchev–Trinajstić information content (AvgIpc) is 2.66. The van der Waals surface area contributed by atoms with Crippen LogP contribution in [0.25, 0.3) is 0 Å². The Morgan fingerprint density at radius 2 is 1.81 bits per heavy atom. The Bertz CT molecular complexity index is 746. The lowest BCUT2D eigenvalue weighted by Gasteiger charge is -2.13. The second kappa shape index (κ2) is 10.0. The minimum absolute atomic E-state index is 0.191. The Kier molecular flexibility index (Phi) is 7.73. The molecule has 2 aromatic carbocycles. The summed E-state index contributed by atoms with van der Waals surface area (Å²) in [4.78, 5) is 24.7. The minimum Gasteiger partial charge on any atom is -0.455 e. The highest BCUT2D eigenvalue weighted by Crippen LogP contribution is 2.21. The lowest BCUT2D eigenvalue weighted by Crippen LogP contribution is -2.31. The maximum absolute atomic E-state index is 11.8. The van der Waals surface area contributed by atoms with Crippen molar-refractivity contribution in [2.75, 3.05) is 18.9 Å². The predicted molar refractivity (Wildman–Crippen MR) is 105 cm³/mol. The minimum atomic E-state index is -0.389. The number of carbonyl (C=O) groups is 2. The summed E-state index contributed by atoms with van der Waals surface area (Å²) in [6, 6.07) is 16.0. The zero-order valence-electron chi connectivity index (χ0n) is 15.5. The van der Waals surface area contributed by atoms with Gasteiger partial charge in [0.2, 0.25) is 0 Å². The van der Waals surface area contributed by atoms with Crippen LogP contribution in [0, 0.1) is 13.8 Å². The van der Waals surface area contributed by atoms with Gasteiger partial charge in [0, 0.05) is 11.4 Å². The van der Waals surface area contributed by atoms with Crippen LogP contribution < -0.4 is 5.32 Å². The fourth-order valence-corrected chi connectivity index (χ4v) is 3.14. The number of hydrogen-bond acceptors (Lipinski definition) is 4. The topological polar surface area (TPSA) is 55.4 Å². The number of hydrogen-bond donors (Lipinski definition) is 1. The largest absolute Gasteiger partial charge is 0.455 e. The second-order valence-electron chi connectivity index (χ2n) is 6.31. The van der Waals surface area contributed by atoms with E-state index in [1.165, 1.54) is 22.9 Å². The van der Waals surface area contributed by atoms with E-state index in [-0.39, 0.29) is 30.2 Å². The van der Waals surface area contributed by atoms with Gasteiger partial charge in [0.05, 0.1) is 5.75 Å². The summed E-state index contributed by atoms with van der Waals surface area (Å²) in [6.45, 7) is 6.40. The van der Waals surface area contributed by atoms with Crippen LogP contribution in [0.1, 0.15) is 29.5 Å². The lowest BCUT2D eigenvalue weighted by atomic mass is 10.0. The highest BCUT2D eigenvalue weighted by molar-refractivity contribution is 8.00. The third-order valence-electron chi connectivity index (χ3n) is 4.17. The molecule has 26 heavy (non-hydrogen) atoms. The molecule has 0 radical (unpaired) electrons. The van der Waals surface area contributed by atoms with Crippen molar-refractivity contribution in [1.82, 2.24) is 5.32 Å². The molecule has 0 aliphatic rings. The van der Waals surface area contributed by atoms with Crippen LogP contribution in [0.2, 0.25) is 0 Å². The molecule has 2 rings (SSSR count). The van der Waals surface area contributed by atoms with Crippen LogP contribution in [0.3, 0.4) is 0 Å². The molecule has 0 heterocycles. The predicted octanol–water partition coefficient (Wildman–Crippen LogP) is 3.86. The average molecular weight is 372 g/mol. The normalized spacial score (nSPS) is 11.7. The Balaban J connectivity index is 1.66. The van der Waals surface area contributed by atoms with Crippen molar-refractivity contribution in [3.63, 3.8) is 0 Å². The van der Waals surface area contributed by atoms with E-state index in [0.717, 1.165) is 10.5 Å². The molecule has 4 nitrogen and oxygen atoms in total. The molecule has 0 aliphatic carbocycles. The van der Waals surface area contributed by atoms with Crippen LogP contribution in [0.4, 0.5) is 0 Å². The monoisotopic (exact) mass is 371 g/mol. The Hall–Kier alpha value is -2.27. The van der Waals surface area contributed by atoms with Gasteiger partial charge in [0.1, 0.15) is 0 Å². The van der Waals surface area contributed by atoms with Crippen LogP contribution in [-0.4, -0.2) is 30.8 Å². The van der Waals surface area contributed by atoms with Crippen molar-refractivity contribution < 1.29 is 14.3 Å². The molecule has 1 atom stereocenters. The van der Waals surface area contributed by atoms with Crippen LogP contribution >= 0.6 is 11.8 Å². The number of aryl methyl sites for hydroxylation is 2. The molecule has 0 saturated heterocycles. The summed E-state index contributed by atoms with van der Waals surface area (Å²) >= 11 is 1.41. The number of rotatable bonds is 8. The number of esters is 1. The van der Waals surface area contributed by atoms with Gasteiger partial charge in [0.15, 0.2) is 6.61 Å². The molecule has 0 saturated carbocycles. The number of thioether (sulfide) groups is 1. The van der Waals surface area contributed by atoms with Crippen molar-refractivity contribution in [2.24, 2.45) is 0 Å². The van der Waals surface area contributed by atoms with Gasteiger partial charge in [-0.3, -0.25) is 9.59 Å². The number of benzene rings is 2. The van der Waals surface area contributed by atoms with Gasteiger partial charge in [-0.25, -0.2) is 0 Å². The number of nitrogens with one attached hydrogen (secondary N) is 1. The van der Waals surface area contributed by atoms with E-state index in [1.807, 2.05) is 62.4 Å². The van der Waals surface area contributed by atoms with Gasteiger partial charge in [-0.1, -0.05) is 43.3 Å². The van der Waals surface area contributed by atoms with Crippen molar-refractivity contribution in [3.8, 4) is 0 Å². The number of carbonyl (C=O) groups excluding carboxylic acids is 2. The molecule has 0 spiro atoms. The summed E-state index contributed by atoms with van der Waals surface area (Å²) in [7, 11) is 0. The molecule has 2 aromatic rings. The Morgan fingerprint density at radius 3 is 2.50 bits per heavy atom. The van der Waals surface area contributed by atoms with Crippen LogP contribution in [-0.2, 0) is 14.3 Å². The molecule has 1 N–H and O–H groups in total. The van der Waals surface area contributed by atoms with E-state index in [1.54, 1.807) is 0 Å². The van der Waals surface area contributed by atoms with E-state index >= 15 is 0 Å². The first-order valence-corrected chi connectivity index (χ1v) is 9.61. The third kappa shape index (κ3) is 6.56. The van der Waals surface area contributed by atoms with Crippen LogP contribution in [0.15, 0.2) is 53.4 Å². The van der Waals surface area contributed by atoms with Crippen molar-refractivity contribution in [3.05, 3.63) is 65.2 Å². The summed E-state index contributed by atoms with van der Waals surface area (Å²) < 4.78 is 5.05. The zero-order valence-corrected chi connectivity index (χ0v) is 16.3. The fourth-order valence-electron chi connectivity index (χ4n) is 2.35. The molecule has 0 fully saturated rings.